The molecule has 0 amide bonds. The van der Waals surface area contributed by atoms with Crippen molar-refractivity contribution in [1.82, 2.24) is 14.9 Å². The van der Waals surface area contributed by atoms with Gasteiger partial charge in [-0.1, -0.05) is 18.2 Å². The van der Waals surface area contributed by atoms with Crippen molar-refractivity contribution in [3.63, 3.8) is 0 Å². The third kappa shape index (κ3) is 4.21. The molecular weight excluding hydrogens is 396 g/mol. The fourth-order valence-corrected chi connectivity index (χ4v) is 5.19. The number of furan rings is 1. The van der Waals surface area contributed by atoms with Crippen LogP contribution in [0.1, 0.15) is 16.2 Å². The Morgan fingerprint density at radius 3 is 2.54 bits per heavy atom. The maximum absolute atomic E-state index is 12.2. The number of thiophene rings is 1. The summed E-state index contributed by atoms with van der Waals surface area (Å²) in [5, 5.41) is 7.55. The molecule has 2 heterocycles. The highest BCUT2D eigenvalue weighted by atomic mass is 32.2. The summed E-state index contributed by atoms with van der Waals surface area (Å²) in [6.07, 6.45) is 0. The van der Waals surface area contributed by atoms with E-state index in [0.717, 1.165) is 27.2 Å². The van der Waals surface area contributed by atoms with Gasteiger partial charge in [0, 0.05) is 37.0 Å². The second-order valence-electron chi connectivity index (χ2n) is 6.43. The number of aliphatic imine (C=N–C) groups is 1. The van der Waals surface area contributed by atoms with Crippen LogP contribution < -0.4 is 10.6 Å². The Hall–Kier alpha value is -2.36. The Kier molecular flexibility index (Phi) is 6.07. The minimum absolute atomic E-state index is 0.329. The third-order valence-electron chi connectivity index (χ3n) is 4.38. The van der Waals surface area contributed by atoms with Gasteiger partial charge in [-0.2, -0.15) is 0 Å². The Morgan fingerprint density at radius 2 is 1.86 bits per heavy atom. The van der Waals surface area contributed by atoms with E-state index >= 15 is 0 Å². The number of hydrogen-bond donors (Lipinski definition) is 2. The first-order valence-electron chi connectivity index (χ1n) is 8.75. The quantitative estimate of drug-likeness (QED) is 0.473. The van der Waals surface area contributed by atoms with E-state index in [-0.39, 0.29) is 0 Å². The lowest BCUT2D eigenvalue weighted by Crippen LogP contribution is -2.36. The molecular formula is C19H24N4O3S2. The second kappa shape index (κ2) is 8.34. The standard InChI is InChI=1S/C19H24N4O3S2/c1-13-15-7-5-6-8-16(15)26-17(13)12-22-19(20-2)21-11-14-9-10-18(27-14)28(24,25)23(3)4/h5-10H,11-12H2,1-4H3,(H2,20,21,22). The molecule has 3 rings (SSSR count). The monoisotopic (exact) mass is 420 g/mol. The van der Waals surface area contributed by atoms with Gasteiger partial charge in [-0.25, -0.2) is 12.7 Å². The van der Waals surface area contributed by atoms with Gasteiger partial charge in [-0.3, -0.25) is 4.99 Å². The van der Waals surface area contributed by atoms with Crippen LogP contribution in [-0.2, 0) is 23.1 Å². The van der Waals surface area contributed by atoms with Crippen LogP contribution in [-0.4, -0.2) is 39.8 Å². The normalized spacial score (nSPS) is 12.7. The van der Waals surface area contributed by atoms with E-state index < -0.39 is 10.0 Å². The van der Waals surface area contributed by atoms with E-state index in [1.807, 2.05) is 37.3 Å². The van der Waals surface area contributed by atoms with Crippen LogP contribution in [0.15, 0.2) is 50.0 Å². The number of nitrogens with zero attached hydrogens (tertiary/aromatic N) is 2. The Morgan fingerprint density at radius 1 is 1.14 bits per heavy atom. The highest BCUT2D eigenvalue weighted by molar-refractivity contribution is 7.91. The zero-order valence-electron chi connectivity index (χ0n) is 16.3. The molecule has 0 atom stereocenters. The SMILES string of the molecule is CN=C(NCc1ccc(S(=O)(=O)N(C)C)s1)NCc1oc2ccccc2c1C. The molecule has 7 nitrogen and oxygen atoms in total. The molecule has 0 aliphatic rings. The van der Waals surface area contributed by atoms with Crippen molar-refractivity contribution in [1.29, 1.82) is 0 Å². The van der Waals surface area contributed by atoms with Gasteiger partial charge in [-0.15, -0.1) is 11.3 Å². The Labute approximate surface area is 169 Å². The van der Waals surface area contributed by atoms with Crippen molar-refractivity contribution >= 4 is 38.3 Å². The number of aryl methyl sites for hydroxylation is 1. The topological polar surface area (TPSA) is 86.9 Å². The van der Waals surface area contributed by atoms with E-state index in [9.17, 15) is 8.42 Å². The molecule has 0 radical (unpaired) electrons. The molecule has 0 aliphatic heterocycles. The number of rotatable bonds is 6. The Bertz CT molecular complexity index is 1100. The van der Waals surface area contributed by atoms with Gasteiger partial charge in [0.05, 0.1) is 13.1 Å². The van der Waals surface area contributed by atoms with Crippen LogP contribution in [0.5, 0.6) is 0 Å². The molecule has 0 saturated carbocycles. The van der Waals surface area contributed by atoms with Gasteiger partial charge in [0.1, 0.15) is 15.6 Å². The molecule has 0 fully saturated rings. The minimum atomic E-state index is -3.40. The number of hydrogen-bond acceptors (Lipinski definition) is 5. The van der Waals surface area contributed by atoms with Crippen molar-refractivity contribution in [2.45, 2.75) is 24.2 Å². The summed E-state index contributed by atoms with van der Waals surface area (Å²) in [6, 6.07) is 11.4. The summed E-state index contributed by atoms with van der Waals surface area (Å²) < 4.78 is 31.8. The van der Waals surface area contributed by atoms with E-state index in [2.05, 4.69) is 15.6 Å². The highest BCUT2D eigenvalue weighted by Gasteiger charge is 2.19. The zero-order chi connectivity index (χ0) is 20.3. The lowest BCUT2D eigenvalue weighted by molar-refractivity contribution is 0.523. The molecule has 0 saturated heterocycles. The molecule has 3 aromatic rings. The van der Waals surface area contributed by atoms with Gasteiger partial charge < -0.3 is 15.1 Å². The summed E-state index contributed by atoms with van der Waals surface area (Å²) in [4.78, 5) is 5.12. The van der Waals surface area contributed by atoms with Crippen LogP contribution in [0.3, 0.4) is 0 Å². The fraction of sp³-hybridized carbons (Fsp3) is 0.316. The maximum atomic E-state index is 12.2. The first-order chi connectivity index (χ1) is 13.3. The lowest BCUT2D eigenvalue weighted by Gasteiger charge is -2.11. The fourth-order valence-electron chi connectivity index (χ4n) is 2.72. The Balaban J connectivity index is 1.61. The van der Waals surface area contributed by atoms with Crippen LogP contribution >= 0.6 is 11.3 Å². The largest absolute Gasteiger partial charge is 0.459 e. The number of benzene rings is 1. The molecule has 0 unspecified atom stereocenters. The number of nitrogens with one attached hydrogen (secondary N) is 2. The molecule has 0 bridgehead atoms. The van der Waals surface area contributed by atoms with Crippen molar-refractivity contribution < 1.29 is 12.8 Å². The van der Waals surface area contributed by atoms with Gasteiger partial charge in [-0.05, 0) is 25.1 Å². The predicted molar refractivity (Wildman–Crippen MR) is 113 cm³/mol. The van der Waals surface area contributed by atoms with Gasteiger partial charge in [0.25, 0.3) is 10.0 Å². The zero-order valence-corrected chi connectivity index (χ0v) is 17.9. The second-order valence-corrected chi connectivity index (χ2v) is 9.98. The number of fused-ring (bicyclic) bond motifs is 1. The number of guanidine groups is 1. The summed E-state index contributed by atoms with van der Waals surface area (Å²) in [6.45, 7) is 3.02. The summed E-state index contributed by atoms with van der Waals surface area (Å²) in [5.41, 5.74) is 1.98. The van der Waals surface area contributed by atoms with Crippen LogP contribution in [0.2, 0.25) is 0 Å². The molecule has 2 N–H and O–H groups in total. The van der Waals surface area contributed by atoms with Crippen LogP contribution in [0.4, 0.5) is 0 Å². The van der Waals surface area contributed by atoms with Gasteiger partial charge in [0.2, 0.25) is 0 Å². The molecule has 1 aromatic carbocycles. The molecule has 9 heteroatoms. The summed E-state index contributed by atoms with van der Waals surface area (Å²) in [5.74, 6) is 1.48. The van der Waals surface area contributed by atoms with Crippen LogP contribution in [0, 0.1) is 6.92 Å². The average Bonchev–Trinajstić information content (AvgIpc) is 3.28. The molecule has 28 heavy (non-hydrogen) atoms. The van der Waals surface area contributed by atoms with Crippen molar-refractivity contribution in [3.05, 3.63) is 52.6 Å². The van der Waals surface area contributed by atoms with Crippen LogP contribution in [0.25, 0.3) is 11.0 Å². The third-order valence-corrected chi connectivity index (χ3v) is 7.75. The molecule has 150 valence electrons. The van der Waals surface area contributed by atoms with E-state index in [1.165, 1.54) is 29.7 Å². The van der Waals surface area contributed by atoms with Crippen molar-refractivity contribution in [2.75, 3.05) is 21.1 Å². The molecule has 0 spiro atoms. The molecule has 0 aliphatic carbocycles. The van der Waals surface area contributed by atoms with Gasteiger partial charge >= 0.3 is 0 Å². The highest BCUT2D eigenvalue weighted by Crippen LogP contribution is 2.25. The maximum Gasteiger partial charge on any atom is 0.252 e. The smallest absolute Gasteiger partial charge is 0.252 e. The summed E-state index contributed by atoms with van der Waals surface area (Å²) in [7, 11) is 1.35. The van der Waals surface area contributed by atoms with E-state index in [4.69, 9.17) is 4.42 Å². The number of para-hydroxylation sites is 1. The summed E-state index contributed by atoms with van der Waals surface area (Å²) >= 11 is 1.25. The van der Waals surface area contributed by atoms with E-state index in [1.54, 1.807) is 13.1 Å². The first kappa shape index (κ1) is 20.4. The van der Waals surface area contributed by atoms with Crippen molar-refractivity contribution in [2.24, 2.45) is 4.99 Å². The van der Waals surface area contributed by atoms with E-state index in [0.29, 0.717) is 23.3 Å². The average molecular weight is 421 g/mol. The first-order valence-corrected chi connectivity index (χ1v) is 11.0. The van der Waals surface area contributed by atoms with Gasteiger partial charge in [0.15, 0.2) is 5.96 Å². The predicted octanol–water partition coefficient (Wildman–Crippen LogP) is 2.92. The van der Waals surface area contributed by atoms with Crippen molar-refractivity contribution in [3.8, 4) is 0 Å². The lowest BCUT2D eigenvalue weighted by atomic mass is 10.1. The number of sulfonamides is 1. The minimum Gasteiger partial charge on any atom is -0.459 e. The molecule has 2 aromatic heterocycles.